The number of anilines is 1. The Morgan fingerprint density at radius 3 is 2.77 bits per heavy atom. The summed E-state index contributed by atoms with van der Waals surface area (Å²) in [6.45, 7) is 7.70. The number of rotatable bonds is 5. The number of halogens is 1. The van der Waals surface area contributed by atoms with E-state index < -0.39 is 0 Å². The summed E-state index contributed by atoms with van der Waals surface area (Å²) in [5, 5.41) is 18.6. The molecule has 0 saturated carbocycles. The minimum Gasteiger partial charge on any atom is -0.334 e. The summed E-state index contributed by atoms with van der Waals surface area (Å²) in [7, 11) is 0. The second-order valence-electron chi connectivity index (χ2n) is 7.30. The largest absolute Gasteiger partial charge is 0.334 e. The first kappa shape index (κ1) is 21.9. The predicted octanol–water partition coefficient (Wildman–Crippen LogP) is 3.11. The van der Waals surface area contributed by atoms with Gasteiger partial charge in [0, 0.05) is 17.7 Å². The molecule has 0 spiro atoms. The Morgan fingerprint density at radius 2 is 2.07 bits per heavy atom. The van der Waals surface area contributed by atoms with Crippen LogP contribution in [0.25, 0.3) is 11.5 Å². The Morgan fingerprint density at radius 1 is 1.30 bits per heavy atom. The molecule has 3 aromatic rings. The minimum atomic E-state index is -0.275. The number of aryl methyl sites for hydroxylation is 2. The summed E-state index contributed by atoms with van der Waals surface area (Å²) < 4.78 is 7.19. The van der Waals surface area contributed by atoms with Gasteiger partial charge < -0.3 is 15.2 Å². The molecule has 2 aromatic heterocycles. The molecule has 0 radical (unpaired) electrons. The first-order chi connectivity index (χ1) is 14.1. The van der Waals surface area contributed by atoms with E-state index in [1.165, 1.54) is 0 Å². The lowest BCUT2D eigenvalue weighted by molar-refractivity contribution is 0.102. The molecule has 0 bridgehead atoms. The normalized spacial score (nSPS) is 14.4. The summed E-state index contributed by atoms with van der Waals surface area (Å²) in [6, 6.07) is 5.93. The molecule has 3 heterocycles. The number of hydrogen-bond donors (Lipinski definition) is 2. The van der Waals surface area contributed by atoms with E-state index in [0.717, 1.165) is 42.8 Å². The average Bonchev–Trinajstić information content (AvgIpc) is 3.37. The third-order valence-corrected chi connectivity index (χ3v) is 5.31. The van der Waals surface area contributed by atoms with Gasteiger partial charge in [0.1, 0.15) is 0 Å². The maximum absolute atomic E-state index is 12.9. The van der Waals surface area contributed by atoms with Crippen molar-refractivity contribution in [3.63, 3.8) is 0 Å². The maximum Gasteiger partial charge on any atom is 0.278 e. The van der Waals surface area contributed by atoms with Crippen molar-refractivity contribution in [1.29, 1.82) is 0 Å². The van der Waals surface area contributed by atoms with Crippen LogP contribution >= 0.6 is 12.4 Å². The van der Waals surface area contributed by atoms with Gasteiger partial charge in [0.05, 0.1) is 11.7 Å². The van der Waals surface area contributed by atoms with Crippen LogP contribution in [0, 0.1) is 13.8 Å². The minimum absolute atomic E-state index is 0. The summed E-state index contributed by atoms with van der Waals surface area (Å²) in [4.78, 5) is 17.2. The fourth-order valence-electron chi connectivity index (χ4n) is 3.53. The first-order valence-electron chi connectivity index (χ1n) is 9.94. The molecule has 0 unspecified atom stereocenters. The molecule has 30 heavy (non-hydrogen) atoms. The molecule has 1 aromatic carbocycles. The number of carbonyl (C=O) groups is 1. The van der Waals surface area contributed by atoms with Gasteiger partial charge in [0.2, 0.25) is 0 Å². The summed E-state index contributed by atoms with van der Waals surface area (Å²) in [5.41, 5.74) is 3.50. The lowest BCUT2D eigenvalue weighted by Crippen LogP contribution is -2.30. The Bertz CT molecular complexity index is 1020. The number of nitrogens with one attached hydrogen (secondary N) is 2. The third-order valence-electron chi connectivity index (χ3n) is 5.31. The molecule has 1 fully saturated rings. The molecule has 2 N–H and O–H groups in total. The van der Waals surface area contributed by atoms with Gasteiger partial charge in [-0.3, -0.25) is 4.79 Å². The number of nitrogens with zero attached hydrogens (tertiary/aromatic N) is 5. The molecule has 4 rings (SSSR count). The number of benzene rings is 1. The Hall–Kier alpha value is -2.78. The zero-order valence-electron chi connectivity index (χ0n) is 17.3. The van der Waals surface area contributed by atoms with Crippen molar-refractivity contribution in [3.05, 3.63) is 41.0 Å². The van der Waals surface area contributed by atoms with Crippen LogP contribution in [0.4, 0.5) is 5.69 Å². The van der Waals surface area contributed by atoms with Crippen LogP contribution in [0.5, 0.6) is 0 Å². The maximum atomic E-state index is 12.9. The smallest absolute Gasteiger partial charge is 0.278 e. The van der Waals surface area contributed by atoms with Crippen molar-refractivity contribution in [2.24, 2.45) is 0 Å². The standard InChI is InChI=1S/C20H25N7O2.ClH/c1-4-17-23-20(29-25-17)14-6-5-12(2)16(11-14)22-19(28)18-13(3)27(26-24-18)15-7-9-21-10-8-15;/h5-6,11,15,21H,4,7-10H2,1-3H3,(H,22,28);1H. The van der Waals surface area contributed by atoms with Gasteiger partial charge in [-0.05, 0) is 57.5 Å². The Labute approximate surface area is 181 Å². The number of aromatic nitrogens is 5. The zero-order chi connectivity index (χ0) is 20.4. The number of hydrogen-bond acceptors (Lipinski definition) is 7. The van der Waals surface area contributed by atoms with Crippen molar-refractivity contribution in [2.75, 3.05) is 18.4 Å². The number of amides is 1. The molecule has 0 aliphatic carbocycles. The second kappa shape index (κ2) is 9.36. The van der Waals surface area contributed by atoms with Crippen molar-refractivity contribution in [1.82, 2.24) is 30.5 Å². The van der Waals surface area contributed by atoms with Gasteiger partial charge in [0.15, 0.2) is 11.5 Å². The topological polar surface area (TPSA) is 111 Å². The molecular weight excluding hydrogens is 406 g/mol. The third kappa shape index (κ3) is 4.36. The summed E-state index contributed by atoms with van der Waals surface area (Å²) >= 11 is 0. The Balaban J connectivity index is 0.00000256. The summed E-state index contributed by atoms with van der Waals surface area (Å²) in [5.74, 6) is 0.810. The predicted molar refractivity (Wildman–Crippen MR) is 115 cm³/mol. The van der Waals surface area contributed by atoms with Gasteiger partial charge in [-0.1, -0.05) is 23.4 Å². The first-order valence-corrected chi connectivity index (χ1v) is 9.94. The van der Waals surface area contributed by atoms with E-state index in [1.807, 2.05) is 43.7 Å². The molecule has 0 atom stereocenters. The van der Waals surface area contributed by atoms with Crippen LogP contribution in [0.1, 0.15) is 53.4 Å². The van der Waals surface area contributed by atoms with Gasteiger partial charge in [-0.25, -0.2) is 4.68 Å². The second-order valence-corrected chi connectivity index (χ2v) is 7.30. The highest BCUT2D eigenvalue weighted by molar-refractivity contribution is 6.04. The zero-order valence-corrected chi connectivity index (χ0v) is 18.1. The number of piperidine rings is 1. The van der Waals surface area contributed by atoms with E-state index >= 15 is 0 Å². The number of carbonyl (C=O) groups excluding carboxylic acids is 1. The van der Waals surface area contributed by atoms with Crippen LogP contribution < -0.4 is 10.6 Å². The van der Waals surface area contributed by atoms with E-state index in [-0.39, 0.29) is 24.4 Å². The highest BCUT2D eigenvalue weighted by Gasteiger charge is 2.23. The van der Waals surface area contributed by atoms with Crippen LogP contribution in [0.2, 0.25) is 0 Å². The van der Waals surface area contributed by atoms with Crippen molar-refractivity contribution in [3.8, 4) is 11.5 Å². The van der Waals surface area contributed by atoms with Crippen LogP contribution in [0.15, 0.2) is 22.7 Å². The van der Waals surface area contributed by atoms with Gasteiger partial charge in [-0.2, -0.15) is 4.98 Å². The van der Waals surface area contributed by atoms with Crippen LogP contribution in [-0.4, -0.2) is 44.1 Å². The molecular formula is C20H26ClN7O2. The highest BCUT2D eigenvalue weighted by atomic mass is 35.5. The molecule has 10 heteroatoms. The van der Waals surface area contributed by atoms with E-state index in [9.17, 15) is 4.79 Å². The lowest BCUT2D eigenvalue weighted by Gasteiger charge is -2.23. The monoisotopic (exact) mass is 431 g/mol. The SMILES string of the molecule is CCc1noc(-c2ccc(C)c(NC(=O)c3nnn(C4CCNCC4)c3C)c2)n1.Cl. The van der Waals surface area contributed by atoms with Crippen LogP contribution in [0.3, 0.4) is 0 Å². The fourth-order valence-corrected chi connectivity index (χ4v) is 3.53. The van der Waals surface area contributed by atoms with E-state index in [2.05, 4.69) is 31.1 Å². The van der Waals surface area contributed by atoms with E-state index in [0.29, 0.717) is 29.5 Å². The molecule has 160 valence electrons. The average molecular weight is 432 g/mol. The van der Waals surface area contributed by atoms with Crippen molar-refractivity contribution >= 4 is 24.0 Å². The molecule has 1 aliphatic heterocycles. The van der Waals surface area contributed by atoms with Gasteiger partial charge in [0.25, 0.3) is 11.8 Å². The Kier molecular flexibility index (Phi) is 6.84. The van der Waals surface area contributed by atoms with Gasteiger partial charge >= 0.3 is 0 Å². The molecule has 1 amide bonds. The van der Waals surface area contributed by atoms with E-state index in [1.54, 1.807) is 0 Å². The van der Waals surface area contributed by atoms with Crippen molar-refractivity contribution < 1.29 is 9.32 Å². The lowest BCUT2D eigenvalue weighted by atomic mass is 10.1. The molecule has 1 aliphatic rings. The fraction of sp³-hybridized carbons (Fsp3) is 0.450. The molecule has 1 saturated heterocycles. The van der Waals surface area contributed by atoms with Gasteiger partial charge in [-0.15, -0.1) is 17.5 Å². The quantitative estimate of drug-likeness (QED) is 0.638. The van der Waals surface area contributed by atoms with E-state index in [4.69, 9.17) is 4.52 Å². The van der Waals surface area contributed by atoms with Crippen molar-refractivity contribution in [2.45, 2.75) is 46.1 Å². The molecule has 9 nitrogen and oxygen atoms in total. The summed E-state index contributed by atoms with van der Waals surface area (Å²) in [6.07, 6.45) is 2.66. The highest BCUT2D eigenvalue weighted by Crippen LogP contribution is 2.26. The van der Waals surface area contributed by atoms with Crippen LogP contribution in [-0.2, 0) is 6.42 Å².